The van der Waals surface area contributed by atoms with Crippen LogP contribution >= 0.6 is 0 Å². The smallest absolute Gasteiger partial charge is 0.338 e. The molecule has 0 spiro atoms. The molecule has 1 aromatic carbocycles. The molecule has 0 saturated carbocycles. The molecule has 9 heteroatoms. The first-order valence-corrected chi connectivity index (χ1v) is 9.85. The summed E-state index contributed by atoms with van der Waals surface area (Å²) in [5.74, 6) is -1.92. The zero-order chi connectivity index (χ0) is 22.7. The van der Waals surface area contributed by atoms with Gasteiger partial charge in [0.2, 0.25) is 0 Å². The highest BCUT2D eigenvalue weighted by atomic mass is 16.5. The van der Waals surface area contributed by atoms with Crippen molar-refractivity contribution in [2.75, 3.05) is 13.7 Å². The minimum atomic E-state index is -0.800. The molecule has 0 heterocycles. The molecule has 0 fully saturated rings. The molecule has 0 aliphatic carbocycles. The maximum Gasteiger partial charge on any atom is 0.338 e. The van der Waals surface area contributed by atoms with Crippen LogP contribution in [-0.2, 0) is 25.6 Å². The minimum Gasteiger partial charge on any atom is -0.467 e. The molecule has 0 saturated heterocycles. The highest BCUT2D eigenvalue weighted by Gasteiger charge is 2.27. The second-order valence-electron chi connectivity index (χ2n) is 7.21. The zero-order valence-electron chi connectivity index (χ0n) is 18.1. The van der Waals surface area contributed by atoms with Gasteiger partial charge >= 0.3 is 18.0 Å². The summed E-state index contributed by atoms with van der Waals surface area (Å²) in [5.41, 5.74) is 1.07. The summed E-state index contributed by atoms with van der Waals surface area (Å²) in [6.45, 7) is 7.22. The van der Waals surface area contributed by atoms with Crippen LogP contribution in [0, 0.1) is 5.92 Å². The molecule has 0 aliphatic rings. The number of nitrogens with one attached hydrogen (secondary N) is 3. The Hall–Kier alpha value is -3.10. The van der Waals surface area contributed by atoms with Gasteiger partial charge < -0.3 is 25.4 Å². The fraction of sp³-hybridized carbons (Fsp3) is 0.524. The Morgan fingerprint density at radius 3 is 2.17 bits per heavy atom. The number of esters is 2. The van der Waals surface area contributed by atoms with Gasteiger partial charge in [0.05, 0.1) is 12.7 Å². The summed E-state index contributed by atoms with van der Waals surface area (Å²) in [7, 11) is 1.25. The summed E-state index contributed by atoms with van der Waals surface area (Å²) < 4.78 is 9.72. The van der Waals surface area contributed by atoms with Crippen LogP contribution in [0.2, 0.25) is 0 Å². The maximum absolute atomic E-state index is 12.1. The average molecular weight is 421 g/mol. The van der Waals surface area contributed by atoms with E-state index in [2.05, 4.69) is 16.0 Å². The van der Waals surface area contributed by atoms with Crippen molar-refractivity contribution in [2.45, 2.75) is 52.7 Å². The van der Waals surface area contributed by atoms with Gasteiger partial charge in [-0.05, 0) is 37.5 Å². The van der Waals surface area contributed by atoms with E-state index in [4.69, 9.17) is 9.47 Å². The monoisotopic (exact) mass is 421 g/mol. The first-order valence-electron chi connectivity index (χ1n) is 9.85. The molecule has 1 aromatic rings. The third-order valence-corrected chi connectivity index (χ3v) is 4.38. The number of urea groups is 1. The van der Waals surface area contributed by atoms with Crippen molar-refractivity contribution >= 4 is 23.9 Å². The molecule has 0 aliphatic heterocycles. The second kappa shape index (κ2) is 12.5. The van der Waals surface area contributed by atoms with E-state index in [1.165, 1.54) is 7.11 Å². The van der Waals surface area contributed by atoms with Gasteiger partial charge in [0.25, 0.3) is 5.91 Å². The summed E-state index contributed by atoms with van der Waals surface area (Å²) in [6.07, 6.45) is 0.667. The van der Waals surface area contributed by atoms with Crippen molar-refractivity contribution in [3.63, 3.8) is 0 Å². The first kappa shape index (κ1) is 24.9. The standard InChI is InChI=1S/C21H31N3O6/c1-6-14(4)18(20(27)29-5)24-17(25)12-30-19(26)16-9-7-15(8-10-16)11-22-21(28)23-13(2)3/h7-10,13-14,18H,6,11-12H2,1-5H3,(H,24,25)(H2,22,23,28)/t14-,18+/m1/s1. The van der Waals surface area contributed by atoms with Gasteiger partial charge in [-0.3, -0.25) is 4.79 Å². The van der Waals surface area contributed by atoms with Gasteiger partial charge in [0.1, 0.15) is 6.04 Å². The van der Waals surface area contributed by atoms with E-state index in [0.717, 1.165) is 5.56 Å². The number of hydrogen-bond acceptors (Lipinski definition) is 6. The van der Waals surface area contributed by atoms with Crippen LogP contribution in [0.15, 0.2) is 24.3 Å². The third-order valence-electron chi connectivity index (χ3n) is 4.38. The van der Waals surface area contributed by atoms with Crippen LogP contribution in [0.25, 0.3) is 0 Å². The van der Waals surface area contributed by atoms with Crippen LogP contribution in [0.4, 0.5) is 4.79 Å². The Morgan fingerprint density at radius 2 is 1.63 bits per heavy atom. The normalized spacial score (nSPS) is 12.5. The van der Waals surface area contributed by atoms with Crippen LogP contribution < -0.4 is 16.0 Å². The number of methoxy groups -OCH3 is 1. The van der Waals surface area contributed by atoms with Crippen molar-refractivity contribution in [2.24, 2.45) is 5.92 Å². The Labute approximate surface area is 176 Å². The van der Waals surface area contributed by atoms with E-state index in [9.17, 15) is 19.2 Å². The van der Waals surface area contributed by atoms with Crippen molar-refractivity contribution < 1.29 is 28.7 Å². The molecule has 0 unspecified atom stereocenters. The van der Waals surface area contributed by atoms with Crippen LogP contribution in [0.3, 0.4) is 0 Å². The summed E-state index contributed by atoms with van der Waals surface area (Å²) in [6, 6.07) is 5.42. The number of carbonyl (C=O) groups is 4. The van der Waals surface area contributed by atoms with E-state index >= 15 is 0 Å². The Kier molecular flexibility index (Phi) is 10.4. The average Bonchev–Trinajstić information content (AvgIpc) is 2.73. The number of carbonyl (C=O) groups excluding carboxylic acids is 4. The lowest BCUT2D eigenvalue weighted by Gasteiger charge is -2.21. The van der Waals surface area contributed by atoms with Gasteiger partial charge in [0.15, 0.2) is 6.61 Å². The third kappa shape index (κ3) is 8.50. The predicted molar refractivity (Wildman–Crippen MR) is 111 cm³/mol. The van der Waals surface area contributed by atoms with E-state index in [-0.39, 0.29) is 23.6 Å². The molecule has 3 N–H and O–H groups in total. The molecule has 0 radical (unpaired) electrons. The van der Waals surface area contributed by atoms with Crippen molar-refractivity contribution in [1.29, 1.82) is 0 Å². The summed E-state index contributed by atoms with van der Waals surface area (Å²) in [5, 5.41) is 7.96. The van der Waals surface area contributed by atoms with E-state index < -0.39 is 30.5 Å². The van der Waals surface area contributed by atoms with Gasteiger partial charge in [0, 0.05) is 12.6 Å². The van der Waals surface area contributed by atoms with Crippen LogP contribution in [0.1, 0.15) is 50.0 Å². The fourth-order valence-electron chi connectivity index (χ4n) is 2.48. The molecule has 0 bridgehead atoms. The lowest BCUT2D eigenvalue weighted by atomic mass is 9.99. The number of hydrogen-bond donors (Lipinski definition) is 3. The van der Waals surface area contributed by atoms with Gasteiger partial charge in [-0.1, -0.05) is 32.4 Å². The molecule has 0 aromatic heterocycles. The molecule has 2 atom stereocenters. The number of amides is 3. The van der Waals surface area contributed by atoms with Crippen LogP contribution in [0.5, 0.6) is 0 Å². The largest absolute Gasteiger partial charge is 0.467 e. The molecule has 166 valence electrons. The highest BCUT2D eigenvalue weighted by Crippen LogP contribution is 2.10. The topological polar surface area (TPSA) is 123 Å². The fourth-order valence-corrected chi connectivity index (χ4v) is 2.48. The second-order valence-corrected chi connectivity index (χ2v) is 7.21. The lowest BCUT2D eigenvalue weighted by Crippen LogP contribution is -2.47. The SMILES string of the molecule is CC[C@@H](C)[C@H](NC(=O)COC(=O)c1ccc(CNC(=O)NC(C)C)cc1)C(=O)OC. The molecule has 1 rings (SSSR count). The number of benzene rings is 1. The summed E-state index contributed by atoms with van der Waals surface area (Å²) >= 11 is 0. The van der Waals surface area contributed by atoms with Gasteiger partial charge in [-0.15, -0.1) is 0 Å². The van der Waals surface area contributed by atoms with Crippen molar-refractivity contribution in [3.8, 4) is 0 Å². The lowest BCUT2D eigenvalue weighted by molar-refractivity contribution is -0.147. The number of rotatable bonds is 10. The molecule has 30 heavy (non-hydrogen) atoms. The molecule has 9 nitrogen and oxygen atoms in total. The van der Waals surface area contributed by atoms with E-state index in [0.29, 0.717) is 13.0 Å². The van der Waals surface area contributed by atoms with E-state index in [1.54, 1.807) is 24.3 Å². The minimum absolute atomic E-state index is 0.0347. The van der Waals surface area contributed by atoms with Gasteiger partial charge in [-0.2, -0.15) is 0 Å². The Bertz CT molecular complexity index is 733. The maximum atomic E-state index is 12.1. The van der Waals surface area contributed by atoms with E-state index in [1.807, 2.05) is 27.7 Å². The van der Waals surface area contributed by atoms with Crippen LogP contribution in [-0.4, -0.2) is 49.7 Å². The molecular formula is C21H31N3O6. The Balaban J connectivity index is 2.53. The Morgan fingerprint density at radius 1 is 1.00 bits per heavy atom. The quantitative estimate of drug-likeness (QED) is 0.495. The predicted octanol–water partition coefficient (Wildman–Crippen LogP) is 1.75. The number of ether oxygens (including phenoxy) is 2. The van der Waals surface area contributed by atoms with Crippen molar-refractivity contribution in [1.82, 2.24) is 16.0 Å². The van der Waals surface area contributed by atoms with Gasteiger partial charge in [-0.25, -0.2) is 14.4 Å². The first-order chi connectivity index (χ1) is 14.2. The molecular weight excluding hydrogens is 390 g/mol. The zero-order valence-corrected chi connectivity index (χ0v) is 18.1. The van der Waals surface area contributed by atoms with Crippen molar-refractivity contribution in [3.05, 3.63) is 35.4 Å². The summed E-state index contributed by atoms with van der Waals surface area (Å²) in [4.78, 5) is 47.6. The molecule has 3 amide bonds. The highest BCUT2D eigenvalue weighted by molar-refractivity contribution is 5.92.